The number of hydrogen-bond acceptors (Lipinski definition) is 4. The Morgan fingerprint density at radius 3 is 2.72 bits per heavy atom. The first kappa shape index (κ1) is 13.3. The van der Waals surface area contributed by atoms with Gasteiger partial charge in [-0.2, -0.15) is 0 Å². The molecule has 2 heterocycles. The summed E-state index contributed by atoms with van der Waals surface area (Å²) in [7, 11) is 0. The summed E-state index contributed by atoms with van der Waals surface area (Å²) in [6, 6.07) is 0. The van der Waals surface area contributed by atoms with Crippen LogP contribution in [0, 0.1) is 11.8 Å². The van der Waals surface area contributed by atoms with Crippen LogP contribution in [0.25, 0.3) is 0 Å². The van der Waals surface area contributed by atoms with Gasteiger partial charge in [-0.15, -0.1) is 0 Å². The zero-order valence-electron chi connectivity index (χ0n) is 10.5. The average molecular weight is 256 g/mol. The first-order chi connectivity index (χ1) is 8.58. The van der Waals surface area contributed by atoms with Crippen molar-refractivity contribution in [3.8, 4) is 0 Å². The van der Waals surface area contributed by atoms with E-state index in [2.05, 4.69) is 17.6 Å². The first-order valence-corrected chi connectivity index (χ1v) is 6.44. The molecule has 3 N–H and O–H groups in total. The van der Waals surface area contributed by atoms with Crippen LogP contribution < -0.4 is 10.6 Å². The van der Waals surface area contributed by atoms with E-state index in [9.17, 15) is 9.59 Å². The Labute approximate surface area is 106 Å². The third kappa shape index (κ3) is 3.00. The number of nitrogens with one attached hydrogen (secondary N) is 2. The minimum absolute atomic E-state index is 0.0154. The van der Waals surface area contributed by atoms with Crippen molar-refractivity contribution in [3.63, 3.8) is 0 Å². The lowest BCUT2D eigenvalue weighted by Crippen LogP contribution is -2.39. The second-order valence-corrected chi connectivity index (χ2v) is 5.15. The number of carbonyl (C=O) groups excluding carboxylic acids is 1. The maximum Gasteiger partial charge on any atom is 0.332 e. The van der Waals surface area contributed by atoms with Gasteiger partial charge in [-0.1, -0.05) is 6.92 Å². The van der Waals surface area contributed by atoms with Gasteiger partial charge >= 0.3 is 5.97 Å². The molecule has 0 bridgehead atoms. The maximum absolute atomic E-state index is 11.9. The Bertz CT molecular complexity index is 334. The molecule has 2 fully saturated rings. The van der Waals surface area contributed by atoms with Crippen molar-refractivity contribution < 1.29 is 19.4 Å². The molecule has 0 aliphatic carbocycles. The molecule has 6 heteroatoms. The molecule has 4 atom stereocenters. The fraction of sp³-hybridized carbons (Fsp3) is 0.833. The highest BCUT2D eigenvalue weighted by molar-refractivity contribution is 5.79. The third-order valence-corrected chi connectivity index (χ3v) is 3.74. The molecule has 0 spiro atoms. The van der Waals surface area contributed by atoms with Crippen LogP contribution in [0.5, 0.6) is 0 Å². The van der Waals surface area contributed by atoms with E-state index in [1.54, 1.807) is 0 Å². The number of amides is 1. The summed E-state index contributed by atoms with van der Waals surface area (Å²) in [5.74, 6) is -0.518. The number of carboxylic acids is 1. The van der Waals surface area contributed by atoms with Gasteiger partial charge in [0.1, 0.15) is 0 Å². The largest absolute Gasteiger partial charge is 0.479 e. The van der Waals surface area contributed by atoms with E-state index in [1.807, 2.05) is 0 Å². The van der Waals surface area contributed by atoms with Gasteiger partial charge in [0.2, 0.25) is 5.91 Å². The first-order valence-electron chi connectivity index (χ1n) is 6.44. The van der Waals surface area contributed by atoms with Gasteiger partial charge in [0.25, 0.3) is 0 Å². The Kier molecular flexibility index (Phi) is 4.19. The number of ether oxygens (including phenoxy) is 1. The molecule has 102 valence electrons. The van der Waals surface area contributed by atoms with Crippen LogP contribution in [-0.4, -0.2) is 48.8 Å². The predicted molar refractivity (Wildman–Crippen MR) is 64.1 cm³/mol. The van der Waals surface area contributed by atoms with Gasteiger partial charge in [-0.3, -0.25) is 4.79 Å². The van der Waals surface area contributed by atoms with Crippen molar-refractivity contribution in [2.24, 2.45) is 11.8 Å². The molecule has 2 aliphatic rings. The van der Waals surface area contributed by atoms with Gasteiger partial charge in [0.15, 0.2) is 6.10 Å². The van der Waals surface area contributed by atoms with E-state index in [0.717, 1.165) is 13.1 Å². The van der Waals surface area contributed by atoms with Crippen molar-refractivity contribution in [1.82, 2.24) is 10.6 Å². The standard InChI is InChI=1S/C12H20N2O4/c1-7-4-13-6-9(7)11(15)14-5-8-2-3-10(18-8)12(16)17/h7-10,13H,2-6H2,1H3,(H,14,15)(H,16,17)/t7-,8?,9-,10?/m1/s1. The molecule has 0 aromatic rings. The Balaban J connectivity index is 1.72. The van der Waals surface area contributed by atoms with Crippen molar-refractivity contribution in [3.05, 3.63) is 0 Å². The predicted octanol–water partition coefficient (Wildman–Crippen LogP) is -0.410. The van der Waals surface area contributed by atoms with E-state index in [-0.39, 0.29) is 17.9 Å². The Morgan fingerprint density at radius 1 is 1.39 bits per heavy atom. The minimum Gasteiger partial charge on any atom is -0.479 e. The SMILES string of the molecule is C[C@@H]1CNC[C@H]1C(=O)NCC1CCC(C(=O)O)O1. The molecule has 0 saturated carbocycles. The zero-order valence-corrected chi connectivity index (χ0v) is 10.5. The molecule has 2 saturated heterocycles. The topological polar surface area (TPSA) is 87.7 Å². The number of aliphatic carboxylic acids is 1. The highest BCUT2D eigenvalue weighted by atomic mass is 16.5. The smallest absolute Gasteiger partial charge is 0.332 e. The molecule has 0 radical (unpaired) electrons. The number of hydrogen-bond donors (Lipinski definition) is 3. The molecule has 2 aliphatic heterocycles. The monoisotopic (exact) mass is 256 g/mol. The van der Waals surface area contributed by atoms with Crippen LogP contribution in [0.4, 0.5) is 0 Å². The van der Waals surface area contributed by atoms with Crippen LogP contribution in [0.3, 0.4) is 0 Å². The fourth-order valence-electron chi connectivity index (χ4n) is 2.54. The second-order valence-electron chi connectivity index (χ2n) is 5.15. The van der Waals surface area contributed by atoms with E-state index in [4.69, 9.17) is 9.84 Å². The zero-order chi connectivity index (χ0) is 13.1. The Morgan fingerprint density at radius 2 is 2.17 bits per heavy atom. The van der Waals surface area contributed by atoms with E-state index in [0.29, 0.717) is 25.3 Å². The summed E-state index contributed by atoms with van der Waals surface area (Å²) in [6.07, 6.45) is 0.339. The molecule has 1 amide bonds. The molecular weight excluding hydrogens is 236 g/mol. The summed E-state index contributed by atoms with van der Waals surface area (Å²) in [5, 5.41) is 14.8. The Hall–Kier alpha value is -1.14. The summed E-state index contributed by atoms with van der Waals surface area (Å²) < 4.78 is 5.33. The highest BCUT2D eigenvalue weighted by Gasteiger charge is 2.33. The summed E-state index contributed by atoms with van der Waals surface area (Å²) >= 11 is 0. The quantitative estimate of drug-likeness (QED) is 0.636. The average Bonchev–Trinajstić information content (AvgIpc) is 2.94. The van der Waals surface area contributed by atoms with E-state index in [1.165, 1.54) is 0 Å². The van der Waals surface area contributed by atoms with Gasteiger partial charge in [-0.25, -0.2) is 4.79 Å². The number of rotatable bonds is 4. The van der Waals surface area contributed by atoms with Crippen LogP contribution in [0.2, 0.25) is 0 Å². The summed E-state index contributed by atoms with van der Waals surface area (Å²) in [4.78, 5) is 22.6. The maximum atomic E-state index is 11.9. The summed E-state index contributed by atoms with van der Waals surface area (Å²) in [5.41, 5.74) is 0. The molecule has 2 unspecified atom stereocenters. The van der Waals surface area contributed by atoms with Crippen molar-refractivity contribution in [2.75, 3.05) is 19.6 Å². The lowest BCUT2D eigenvalue weighted by atomic mass is 9.97. The summed E-state index contributed by atoms with van der Waals surface area (Å²) in [6.45, 7) is 4.05. The van der Waals surface area contributed by atoms with E-state index < -0.39 is 12.1 Å². The molecule has 0 aromatic carbocycles. The normalized spacial score (nSPS) is 35.6. The number of carboxylic acid groups (broad SMARTS) is 1. The molecule has 0 aromatic heterocycles. The molecule has 6 nitrogen and oxygen atoms in total. The van der Waals surface area contributed by atoms with Gasteiger partial charge in [-0.05, 0) is 25.3 Å². The second kappa shape index (κ2) is 5.67. The lowest BCUT2D eigenvalue weighted by molar-refractivity contribution is -0.149. The molecular formula is C12H20N2O4. The highest BCUT2D eigenvalue weighted by Crippen LogP contribution is 2.20. The molecule has 18 heavy (non-hydrogen) atoms. The van der Waals surface area contributed by atoms with Crippen molar-refractivity contribution in [1.29, 1.82) is 0 Å². The molecule has 2 rings (SSSR count). The number of carbonyl (C=O) groups is 2. The van der Waals surface area contributed by atoms with Gasteiger partial charge in [0.05, 0.1) is 12.0 Å². The lowest BCUT2D eigenvalue weighted by Gasteiger charge is -2.17. The third-order valence-electron chi connectivity index (χ3n) is 3.74. The van der Waals surface area contributed by atoms with E-state index >= 15 is 0 Å². The van der Waals surface area contributed by atoms with Gasteiger partial charge < -0.3 is 20.5 Å². The fourth-order valence-corrected chi connectivity index (χ4v) is 2.54. The van der Waals surface area contributed by atoms with Crippen molar-refractivity contribution >= 4 is 11.9 Å². The van der Waals surface area contributed by atoms with Crippen LogP contribution in [0.1, 0.15) is 19.8 Å². The van der Waals surface area contributed by atoms with Crippen LogP contribution >= 0.6 is 0 Å². The van der Waals surface area contributed by atoms with Gasteiger partial charge in [0, 0.05) is 13.1 Å². The minimum atomic E-state index is -0.919. The van der Waals surface area contributed by atoms with Crippen LogP contribution in [0.15, 0.2) is 0 Å². The van der Waals surface area contributed by atoms with Crippen LogP contribution in [-0.2, 0) is 14.3 Å². The van der Waals surface area contributed by atoms with Crippen molar-refractivity contribution in [2.45, 2.75) is 32.0 Å².